The van der Waals surface area contributed by atoms with E-state index in [1.54, 1.807) is 6.20 Å². The average molecular weight is 196 g/mol. The van der Waals surface area contributed by atoms with Crippen LogP contribution in [0.2, 0.25) is 0 Å². The molecule has 1 aromatic rings. The van der Waals surface area contributed by atoms with Crippen LogP contribution < -0.4 is 0 Å². The Hall–Kier alpha value is -0.830. The lowest BCUT2D eigenvalue weighted by Crippen LogP contribution is -2.10. The summed E-state index contributed by atoms with van der Waals surface area (Å²) < 4.78 is 1.99. The van der Waals surface area contributed by atoms with Gasteiger partial charge < -0.3 is 9.67 Å². The molecule has 0 fully saturated rings. The van der Waals surface area contributed by atoms with Crippen LogP contribution in [0.15, 0.2) is 12.4 Å². The highest BCUT2D eigenvalue weighted by atomic mass is 16.3. The molecule has 0 saturated carbocycles. The molecule has 0 bridgehead atoms. The van der Waals surface area contributed by atoms with Gasteiger partial charge in [0.05, 0.1) is 0 Å². The maximum absolute atomic E-state index is 9.94. The number of aromatic nitrogens is 2. The van der Waals surface area contributed by atoms with Crippen molar-refractivity contribution in [2.24, 2.45) is 5.92 Å². The molecular formula is C11H20N2O. The van der Waals surface area contributed by atoms with Crippen LogP contribution in [0.1, 0.15) is 45.5 Å². The standard InChI is InChI=1S/C11H20N2O/c1-4-9(3)8-10(14)11-12-6-7-13(11)5-2/h6-7,9-10,14H,4-5,8H2,1-3H3. The number of imidazole rings is 1. The molecular weight excluding hydrogens is 176 g/mol. The summed E-state index contributed by atoms with van der Waals surface area (Å²) in [5.41, 5.74) is 0. The molecule has 3 nitrogen and oxygen atoms in total. The van der Waals surface area contributed by atoms with E-state index in [-0.39, 0.29) is 0 Å². The number of nitrogens with zero attached hydrogens (tertiary/aromatic N) is 2. The lowest BCUT2D eigenvalue weighted by Gasteiger charge is -2.15. The zero-order chi connectivity index (χ0) is 10.6. The number of rotatable bonds is 5. The molecule has 2 atom stereocenters. The fourth-order valence-corrected chi connectivity index (χ4v) is 1.54. The Morgan fingerprint density at radius 1 is 1.50 bits per heavy atom. The molecule has 0 amide bonds. The van der Waals surface area contributed by atoms with Crippen molar-refractivity contribution in [3.05, 3.63) is 18.2 Å². The summed E-state index contributed by atoms with van der Waals surface area (Å²) in [5.74, 6) is 1.35. The van der Waals surface area contributed by atoms with Gasteiger partial charge in [-0.3, -0.25) is 0 Å². The van der Waals surface area contributed by atoms with Crippen LogP contribution in [-0.4, -0.2) is 14.7 Å². The largest absolute Gasteiger partial charge is 0.385 e. The molecule has 1 N–H and O–H groups in total. The molecule has 2 unspecified atom stereocenters. The summed E-state index contributed by atoms with van der Waals surface area (Å²) in [6, 6.07) is 0. The minimum Gasteiger partial charge on any atom is -0.385 e. The van der Waals surface area contributed by atoms with Crippen molar-refractivity contribution >= 4 is 0 Å². The van der Waals surface area contributed by atoms with Crippen molar-refractivity contribution < 1.29 is 5.11 Å². The smallest absolute Gasteiger partial charge is 0.137 e. The van der Waals surface area contributed by atoms with Gasteiger partial charge in [-0.05, 0) is 19.3 Å². The molecule has 3 heteroatoms. The summed E-state index contributed by atoms with van der Waals surface area (Å²) in [6.45, 7) is 7.22. The third-order valence-electron chi connectivity index (χ3n) is 2.71. The highest BCUT2D eigenvalue weighted by Crippen LogP contribution is 2.21. The van der Waals surface area contributed by atoms with Gasteiger partial charge in [0, 0.05) is 18.9 Å². The second kappa shape index (κ2) is 5.15. The van der Waals surface area contributed by atoms with E-state index in [2.05, 4.69) is 25.8 Å². The Morgan fingerprint density at radius 3 is 2.79 bits per heavy atom. The highest BCUT2D eigenvalue weighted by molar-refractivity contribution is 4.96. The molecule has 0 aliphatic rings. The van der Waals surface area contributed by atoms with Gasteiger partial charge >= 0.3 is 0 Å². The van der Waals surface area contributed by atoms with Crippen LogP contribution in [0.3, 0.4) is 0 Å². The Morgan fingerprint density at radius 2 is 2.21 bits per heavy atom. The third-order valence-corrected chi connectivity index (χ3v) is 2.71. The number of aryl methyl sites for hydroxylation is 1. The zero-order valence-electron chi connectivity index (χ0n) is 9.27. The topological polar surface area (TPSA) is 38.1 Å². The molecule has 1 aromatic heterocycles. The molecule has 14 heavy (non-hydrogen) atoms. The second-order valence-electron chi connectivity index (χ2n) is 3.84. The number of hydrogen-bond acceptors (Lipinski definition) is 2. The number of hydrogen-bond donors (Lipinski definition) is 1. The van der Waals surface area contributed by atoms with Crippen LogP contribution in [0.4, 0.5) is 0 Å². The van der Waals surface area contributed by atoms with Crippen LogP contribution in [-0.2, 0) is 6.54 Å². The summed E-state index contributed by atoms with van der Waals surface area (Å²) in [4.78, 5) is 4.19. The molecule has 1 rings (SSSR count). The van der Waals surface area contributed by atoms with Gasteiger partial charge in [0.15, 0.2) is 0 Å². The van der Waals surface area contributed by atoms with E-state index < -0.39 is 6.10 Å². The van der Waals surface area contributed by atoms with Crippen LogP contribution in [0, 0.1) is 5.92 Å². The van der Waals surface area contributed by atoms with E-state index in [1.165, 1.54) is 0 Å². The molecule has 0 aromatic carbocycles. The average Bonchev–Trinajstić information content (AvgIpc) is 2.65. The van der Waals surface area contributed by atoms with Gasteiger partial charge in [0.1, 0.15) is 11.9 Å². The van der Waals surface area contributed by atoms with Gasteiger partial charge in [-0.2, -0.15) is 0 Å². The first kappa shape index (κ1) is 11.2. The Kier molecular flexibility index (Phi) is 4.14. The molecule has 1 heterocycles. The van der Waals surface area contributed by atoms with Crippen molar-refractivity contribution in [3.8, 4) is 0 Å². The minimum atomic E-state index is -0.417. The maximum Gasteiger partial charge on any atom is 0.137 e. The first-order chi connectivity index (χ1) is 6.69. The number of aliphatic hydroxyl groups is 1. The first-order valence-electron chi connectivity index (χ1n) is 5.38. The second-order valence-corrected chi connectivity index (χ2v) is 3.84. The van der Waals surface area contributed by atoms with Crippen LogP contribution >= 0.6 is 0 Å². The normalized spacial score (nSPS) is 15.4. The van der Waals surface area contributed by atoms with Gasteiger partial charge in [-0.1, -0.05) is 20.3 Å². The Bertz CT molecular complexity index is 270. The molecule has 0 spiro atoms. The fraction of sp³-hybridized carbons (Fsp3) is 0.727. The van der Waals surface area contributed by atoms with Crippen molar-refractivity contribution in [2.45, 2.75) is 46.3 Å². The fourth-order valence-electron chi connectivity index (χ4n) is 1.54. The minimum absolute atomic E-state index is 0.417. The summed E-state index contributed by atoms with van der Waals surface area (Å²) >= 11 is 0. The van der Waals surface area contributed by atoms with Crippen molar-refractivity contribution in [1.82, 2.24) is 9.55 Å². The summed E-state index contributed by atoms with van der Waals surface area (Å²) in [6.07, 6.45) is 5.14. The monoisotopic (exact) mass is 196 g/mol. The predicted octanol–water partition coefficient (Wildman–Crippen LogP) is 2.37. The van der Waals surface area contributed by atoms with Crippen LogP contribution in [0.5, 0.6) is 0 Å². The van der Waals surface area contributed by atoms with Crippen molar-refractivity contribution in [1.29, 1.82) is 0 Å². The van der Waals surface area contributed by atoms with E-state index in [0.717, 1.165) is 25.2 Å². The van der Waals surface area contributed by atoms with E-state index in [4.69, 9.17) is 0 Å². The Balaban J connectivity index is 2.64. The van der Waals surface area contributed by atoms with Gasteiger partial charge in [0.2, 0.25) is 0 Å². The molecule has 80 valence electrons. The lowest BCUT2D eigenvalue weighted by molar-refractivity contribution is 0.133. The van der Waals surface area contributed by atoms with E-state index >= 15 is 0 Å². The Labute approximate surface area is 85.8 Å². The molecule has 0 saturated heterocycles. The van der Waals surface area contributed by atoms with Gasteiger partial charge in [-0.25, -0.2) is 4.98 Å². The quantitative estimate of drug-likeness (QED) is 0.785. The highest BCUT2D eigenvalue weighted by Gasteiger charge is 2.15. The van der Waals surface area contributed by atoms with Gasteiger partial charge in [0.25, 0.3) is 0 Å². The predicted molar refractivity (Wildman–Crippen MR) is 56.9 cm³/mol. The zero-order valence-corrected chi connectivity index (χ0v) is 9.27. The molecule has 0 aliphatic heterocycles. The summed E-state index contributed by atoms with van der Waals surface area (Å²) in [7, 11) is 0. The van der Waals surface area contributed by atoms with E-state index in [9.17, 15) is 5.11 Å². The molecule has 0 radical (unpaired) electrons. The third kappa shape index (κ3) is 2.58. The maximum atomic E-state index is 9.94. The van der Waals surface area contributed by atoms with E-state index in [0.29, 0.717) is 5.92 Å². The SMILES string of the molecule is CCC(C)CC(O)c1nccn1CC. The number of aliphatic hydroxyl groups excluding tert-OH is 1. The lowest BCUT2D eigenvalue weighted by atomic mass is 10.0. The first-order valence-corrected chi connectivity index (χ1v) is 5.38. The van der Waals surface area contributed by atoms with Crippen molar-refractivity contribution in [2.75, 3.05) is 0 Å². The van der Waals surface area contributed by atoms with E-state index in [1.807, 2.05) is 10.8 Å². The van der Waals surface area contributed by atoms with Crippen LogP contribution in [0.25, 0.3) is 0 Å². The molecule has 0 aliphatic carbocycles. The van der Waals surface area contributed by atoms with Crippen molar-refractivity contribution in [3.63, 3.8) is 0 Å². The summed E-state index contributed by atoms with van der Waals surface area (Å²) in [5, 5.41) is 9.94. The van der Waals surface area contributed by atoms with Gasteiger partial charge in [-0.15, -0.1) is 0 Å².